The summed E-state index contributed by atoms with van der Waals surface area (Å²) in [6.07, 6.45) is 3.16. The van der Waals surface area contributed by atoms with Crippen LogP contribution < -0.4 is 5.32 Å². The van der Waals surface area contributed by atoms with E-state index in [4.69, 9.17) is 4.74 Å². The van der Waals surface area contributed by atoms with Crippen molar-refractivity contribution in [3.63, 3.8) is 0 Å². The zero-order valence-corrected chi connectivity index (χ0v) is 11.0. The average Bonchev–Trinajstić information content (AvgIpc) is 2.69. The number of esters is 1. The molecule has 1 N–H and O–H groups in total. The van der Waals surface area contributed by atoms with Crippen LogP contribution in [0.25, 0.3) is 0 Å². The first-order chi connectivity index (χ1) is 8.12. The molecule has 0 fully saturated rings. The lowest BCUT2D eigenvalue weighted by Crippen LogP contribution is -2.24. The Labute approximate surface area is 102 Å². The van der Waals surface area contributed by atoms with E-state index in [1.54, 1.807) is 4.68 Å². The fourth-order valence-corrected chi connectivity index (χ4v) is 1.91. The number of hydrogen-bond donors (Lipinski definition) is 1. The molecular weight excluding hydrogens is 218 g/mol. The molecule has 0 amide bonds. The van der Waals surface area contributed by atoms with Gasteiger partial charge in [0.2, 0.25) is 0 Å². The molecule has 0 saturated carbocycles. The van der Waals surface area contributed by atoms with E-state index in [1.807, 2.05) is 20.2 Å². The van der Waals surface area contributed by atoms with Crippen molar-refractivity contribution in [2.45, 2.75) is 32.7 Å². The molecule has 1 rings (SSSR count). The number of nitrogens with one attached hydrogen (secondary N) is 1. The fraction of sp³-hybridized carbons (Fsp3) is 0.667. The number of aryl methyl sites for hydroxylation is 2. The van der Waals surface area contributed by atoms with Crippen LogP contribution in [0.2, 0.25) is 0 Å². The second kappa shape index (κ2) is 6.39. The van der Waals surface area contributed by atoms with Gasteiger partial charge >= 0.3 is 5.97 Å². The number of methoxy groups -OCH3 is 1. The summed E-state index contributed by atoms with van der Waals surface area (Å²) >= 11 is 0. The van der Waals surface area contributed by atoms with Crippen LogP contribution in [0.1, 0.15) is 37.6 Å². The van der Waals surface area contributed by atoms with Gasteiger partial charge in [0.25, 0.3) is 0 Å². The zero-order chi connectivity index (χ0) is 12.8. The van der Waals surface area contributed by atoms with Gasteiger partial charge in [-0.1, -0.05) is 13.8 Å². The summed E-state index contributed by atoms with van der Waals surface area (Å²) in [5.41, 5.74) is 2.12. The number of aromatic nitrogens is 2. The van der Waals surface area contributed by atoms with Crippen LogP contribution in [0, 0.1) is 0 Å². The maximum absolute atomic E-state index is 11.4. The highest BCUT2D eigenvalue weighted by molar-refractivity contribution is 5.70. The minimum atomic E-state index is -0.207. The van der Waals surface area contributed by atoms with Crippen LogP contribution in [0.4, 0.5) is 0 Å². The highest BCUT2D eigenvalue weighted by Crippen LogP contribution is 2.21. The third kappa shape index (κ3) is 3.56. The van der Waals surface area contributed by atoms with Gasteiger partial charge in [0.05, 0.1) is 19.2 Å². The third-order valence-electron chi connectivity index (χ3n) is 2.70. The molecule has 17 heavy (non-hydrogen) atoms. The summed E-state index contributed by atoms with van der Waals surface area (Å²) in [6.45, 7) is 4.89. The second-order valence-corrected chi connectivity index (χ2v) is 3.95. The lowest BCUT2D eigenvalue weighted by Gasteiger charge is -2.16. The molecule has 0 aliphatic heterocycles. The Kier molecular flexibility index (Phi) is 5.15. The molecule has 5 heteroatoms. The molecule has 1 aromatic rings. The summed E-state index contributed by atoms with van der Waals surface area (Å²) < 4.78 is 6.51. The largest absolute Gasteiger partial charge is 0.469 e. The molecule has 1 atom stereocenters. The predicted octanol–water partition coefficient (Wildman–Crippen LogP) is 1.20. The van der Waals surface area contributed by atoms with Crippen LogP contribution in [0.5, 0.6) is 0 Å². The molecule has 1 unspecified atom stereocenters. The number of hydrogen-bond acceptors (Lipinski definition) is 4. The lowest BCUT2D eigenvalue weighted by molar-refractivity contribution is -0.141. The van der Waals surface area contributed by atoms with Crippen molar-refractivity contribution in [1.82, 2.24) is 15.1 Å². The van der Waals surface area contributed by atoms with Gasteiger partial charge in [-0.3, -0.25) is 9.48 Å². The van der Waals surface area contributed by atoms with Crippen LogP contribution in [0.3, 0.4) is 0 Å². The number of ether oxygens (including phenoxy) is 1. The van der Waals surface area contributed by atoms with Crippen LogP contribution >= 0.6 is 0 Å². The van der Waals surface area contributed by atoms with Crippen molar-refractivity contribution in [3.8, 4) is 0 Å². The SMILES string of the molecule is CCNC(CC(=O)OC)c1cn(C)nc1CC. The number of nitrogens with zero attached hydrogens (tertiary/aromatic N) is 2. The normalized spacial score (nSPS) is 12.5. The summed E-state index contributed by atoms with van der Waals surface area (Å²) in [4.78, 5) is 11.4. The summed E-state index contributed by atoms with van der Waals surface area (Å²) in [5, 5.41) is 7.69. The highest BCUT2D eigenvalue weighted by Gasteiger charge is 2.20. The molecular formula is C12H21N3O2. The quantitative estimate of drug-likeness (QED) is 0.758. The molecule has 1 heterocycles. The Bertz CT molecular complexity index is 374. The minimum absolute atomic E-state index is 0.0175. The van der Waals surface area contributed by atoms with E-state index in [-0.39, 0.29) is 12.0 Å². The van der Waals surface area contributed by atoms with Gasteiger partial charge in [0.15, 0.2) is 0 Å². The maximum atomic E-state index is 11.4. The van der Waals surface area contributed by atoms with Crippen molar-refractivity contribution in [2.75, 3.05) is 13.7 Å². The van der Waals surface area contributed by atoms with Crippen molar-refractivity contribution < 1.29 is 9.53 Å². The van der Waals surface area contributed by atoms with Crippen LogP contribution in [-0.4, -0.2) is 29.4 Å². The van der Waals surface area contributed by atoms with Gasteiger partial charge in [-0.2, -0.15) is 5.10 Å². The number of carbonyl (C=O) groups excluding carboxylic acids is 1. The smallest absolute Gasteiger partial charge is 0.307 e. The van der Waals surface area contributed by atoms with Crippen molar-refractivity contribution in [3.05, 3.63) is 17.5 Å². The molecule has 96 valence electrons. The van der Waals surface area contributed by atoms with Gasteiger partial charge in [0.1, 0.15) is 0 Å². The third-order valence-corrected chi connectivity index (χ3v) is 2.70. The molecule has 1 aromatic heterocycles. The van der Waals surface area contributed by atoms with Crippen molar-refractivity contribution in [2.24, 2.45) is 7.05 Å². The van der Waals surface area contributed by atoms with Crippen molar-refractivity contribution in [1.29, 1.82) is 0 Å². The van der Waals surface area contributed by atoms with Crippen LogP contribution in [0.15, 0.2) is 6.20 Å². The average molecular weight is 239 g/mol. The van der Waals surface area contributed by atoms with Crippen molar-refractivity contribution >= 4 is 5.97 Å². The molecule has 0 aliphatic rings. The Morgan fingerprint density at radius 2 is 2.29 bits per heavy atom. The summed E-state index contributed by atoms with van der Waals surface area (Å²) in [5.74, 6) is -0.207. The number of carbonyl (C=O) groups is 1. The maximum Gasteiger partial charge on any atom is 0.307 e. The Morgan fingerprint density at radius 1 is 1.59 bits per heavy atom. The standard InChI is InChI=1S/C12H21N3O2/c1-5-10-9(8-15(3)14-10)11(13-6-2)7-12(16)17-4/h8,11,13H,5-7H2,1-4H3. The second-order valence-electron chi connectivity index (χ2n) is 3.95. The summed E-state index contributed by atoms with van der Waals surface area (Å²) in [6, 6.07) is -0.0175. The van der Waals surface area contributed by atoms with E-state index in [0.29, 0.717) is 6.42 Å². The molecule has 0 aromatic carbocycles. The monoisotopic (exact) mass is 239 g/mol. The van der Waals surface area contributed by atoms with E-state index in [1.165, 1.54) is 7.11 Å². The first-order valence-electron chi connectivity index (χ1n) is 5.94. The Balaban J connectivity index is 2.91. The molecule has 0 aliphatic carbocycles. The molecule has 0 bridgehead atoms. The minimum Gasteiger partial charge on any atom is -0.469 e. The molecule has 0 spiro atoms. The van der Waals surface area contributed by atoms with E-state index >= 15 is 0 Å². The number of rotatable bonds is 6. The zero-order valence-electron chi connectivity index (χ0n) is 11.0. The molecule has 5 nitrogen and oxygen atoms in total. The van der Waals surface area contributed by atoms with Gasteiger partial charge in [-0.15, -0.1) is 0 Å². The first-order valence-corrected chi connectivity index (χ1v) is 5.94. The van der Waals surface area contributed by atoms with E-state index in [0.717, 1.165) is 24.2 Å². The lowest BCUT2D eigenvalue weighted by atomic mass is 10.0. The van der Waals surface area contributed by atoms with E-state index in [9.17, 15) is 4.79 Å². The summed E-state index contributed by atoms with van der Waals surface area (Å²) in [7, 11) is 3.30. The molecule has 0 saturated heterocycles. The van der Waals surface area contributed by atoms with Crippen LogP contribution in [-0.2, 0) is 23.0 Å². The van der Waals surface area contributed by atoms with Gasteiger partial charge in [-0.05, 0) is 13.0 Å². The van der Waals surface area contributed by atoms with E-state index in [2.05, 4.69) is 17.3 Å². The Hall–Kier alpha value is -1.36. The Morgan fingerprint density at radius 3 is 2.82 bits per heavy atom. The van der Waals surface area contributed by atoms with E-state index < -0.39 is 0 Å². The van der Waals surface area contributed by atoms with Gasteiger partial charge in [-0.25, -0.2) is 0 Å². The highest BCUT2D eigenvalue weighted by atomic mass is 16.5. The molecule has 0 radical (unpaired) electrons. The van der Waals surface area contributed by atoms with Gasteiger partial charge < -0.3 is 10.1 Å². The predicted molar refractivity (Wildman–Crippen MR) is 65.6 cm³/mol. The van der Waals surface area contributed by atoms with Gasteiger partial charge in [0, 0.05) is 24.8 Å². The fourth-order valence-electron chi connectivity index (χ4n) is 1.91. The first kappa shape index (κ1) is 13.7. The topological polar surface area (TPSA) is 56.1 Å².